The van der Waals surface area contributed by atoms with Gasteiger partial charge in [0, 0.05) is 39.4 Å². The number of anilines is 1. The molecule has 1 heterocycles. The number of nitrogens with one attached hydrogen (secondary N) is 2. The van der Waals surface area contributed by atoms with Gasteiger partial charge >= 0.3 is 0 Å². The van der Waals surface area contributed by atoms with Gasteiger partial charge in [-0.3, -0.25) is 0 Å². The van der Waals surface area contributed by atoms with Crippen LogP contribution in [0.25, 0.3) is 10.9 Å². The van der Waals surface area contributed by atoms with E-state index in [4.69, 9.17) is 23.2 Å². The van der Waals surface area contributed by atoms with Gasteiger partial charge in [0.05, 0.1) is 0 Å². The van der Waals surface area contributed by atoms with Crippen molar-refractivity contribution in [2.45, 2.75) is 6.54 Å². The minimum atomic E-state index is 0.655. The van der Waals surface area contributed by atoms with Crippen LogP contribution in [0.1, 0.15) is 5.56 Å². The highest BCUT2D eigenvalue weighted by Gasteiger charge is 2.02. The van der Waals surface area contributed by atoms with Crippen LogP contribution in [0.2, 0.25) is 10.0 Å². The lowest BCUT2D eigenvalue weighted by molar-refractivity contribution is 1.15. The monoisotopic (exact) mass is 290 g/mol. The second-order valence-corrected chi connectivity index (χ2v) is 5.21. The number of rotatable bonds is 3. The van der Waals surface area contributed by atoms with E-state index in [-0.39, 0.29) is 0 Å². The van der Waals surface area contributed by atoms with E-state index >= 15 is 0 Å². The van der Waals surface area contributed by atoms with Gasteiger partial charge in [0.25, 0.3) is 0 Å². The van der Waals surface area contributed by atoms with Gasteiger partial charge < -0.3 is 10.3 Å². The molecular weight excluding hydrogens is 279 g/mol. The second-order valence-electron chi connectivity index (χ2n) is 4.37. The maximum absolute atomic E-state index is 6.14. The Morgan fingerprint density at radius 1 is 1.00 bits per heavy atom. The summed E-state index contributed by atoms with van der Waals surface area (Å²) in [7, 11) is 0. The fraction of sp³-hybridized carbons (Fsp3) is 0.0667. The highest BCUT2D eigenvalue weighted by molar-refractivity contribution is 6.35. The van der Waals surface area contributed by atoms with E-state index in [0.29, 0.717) is 16.6 Å². The predicted molar refractivity (Wildman–Crippen MR) is 82.1 cm³/mol. The van der Waals surface area contributed by atoms with Crippen molar-refractivity contribution >= 4 is 39.8 Å². The van der Waals surface area contributed by atoms with Gasteiger partial charge in [0.15, 0.2) is 0 Å². The highest BCUT2D eigenvalue weighted by atomic mass is 35.5. The summed E-state index contributed by atoms with van der Waals surface area (Å²) in [5, 5.41) is 5.89. The SMILES string of the molecule is Clc1ccc(CNc2ccc3[nH]ccc3c2)c(Cl)c1. The van der Waals surface area contributed by atoms with E-state index in [9.17, 15) is 0 Å². The number of aromatic amines is 1. The third kappa shape index (κ3) is 2.70. The van der Waals surface area contributed by atoms with Crippen LogP contribution in [-0.4, -0.2) is 4.98 Å². The minimum Gasteiger partial charge on any atom is -0.381 e. The Morgan fingerprint density at radius 3 is 2.74 bits per heavy atom. The van der Waals surface area contributed by atoms with E-state index in [2.05, 4.69) is 28.5 Å². The Balaban J connectivity index is 1.77. The first-order chi connectivity index (χ1) is 9.22. The van der Waals surface area contributed by atoms with Crippen molar-refractivity contribution in [3.63, 3.8) is 0 Å². The molecule has 4 heteroatoms. The summed E-state index contributed by atoms with van der Waals surface area (Å²) in [6, 6.07) is 13.8. The molecule has 0 aliphatic carbocycles. The molecule has 0 aliphatic heterocycles. The lowest BCUT2D eigenvalue weighted by Gasteiger charge is -2.08. The summed E-state index contributed by atoms with van der Waals surface area (Å²) in [5.74, 6) is 0. The van der Waals surface area contributed by atoms with Gasteiger partial charge in [-0.1, -0.05) is 29.3 Å². The fourth-order valence-corrected chi connectivity index (χ4v) is 2.50. The molecule has 0 bridgehead atoms. The lowest BCUT2D eigenvalue weighted by atomic mass is 10.2. The average molecular weight is 291 g/mol. The summed E-state index contributed by atoms with van der Waals surface area (Å²) < 4.78 is 0. The van der Waals surface area contributed by atoms with Crippen LogP contribution >= 0.6 is 23.2 Å². The average Bonchev–Trinajstić information content (AvgIpc) is 2.85. The Kier molecular flexibility index (Phi) is 3.36. The van der Waals surface area contributed by atoms with Crippen molar-refractivity contribution in [1.82, 2.24) is 4.98 Å². The Bertz CT molecular complexity index is 719. The third-order valence-electron chi connectivity index (χ3n) is 3.05. The van der Waals surface area contributed by atoms with E-state index in [0.717, 1.165) is 16.8 Å². The Morgan fingerprint density at radius 2 is 1.89 bits per heavy atom. The van der Waals surface area contributed by atoms with Crippen molar-refractivity contribution in [1.29, 1.82) is 0 Å². The van der Waals surface area contributed by atoms with Gasteiger partial charge in [-0.05, 0) is 42.0 Å². The zero-order chi connectivity index (χ0) is 13.2. The van der Waals surface area contributed by atoms with Crippen molar-refractivity contribution in [2.75, 3.05) is 5.32 Å². The summed E-state index contributed by atoms with van der Waals surface area (Å²) >= 11 is 12.0. The molecule has 0 aliphatic rings. The number of hydrogen-bond donors (Lipinski definition) is 2. The van der Waals surface area contributed by atoms with E-state index < -0.39 is 0 Å². The van der Waals surface area contributed by atoms with Crippen LogP contribution in [0.3, 0.4) is 0 Å². The number of H-pyrrole nitrogens is 1. The molecule has 0 amide bonds. The van der Waals surface area contributed by atoms with E-state index in [1.807, 2.05) is 24.4 Å². The summed E-state index contributed by atoms with van der Waals surface area (Å²) in [6.07, 6.45) is 1.94. The lowest BCUT2D eigenvalue weighted by Crippen LogP contribution is -1.99. The molecule has 0 saturated carbocycles. The summed E-state index contributed by atoms with van der Waals surface area (Å²) in [6.45, 7) is 0.673. The standard InChI is InChI=1S/C15H12Cl2N2/c16-12-2-1-11(14(17)8-12)9-19-13-3-4-15-10(7-13)5-6-18-15/h1-8,18-19H,9H2. The fourth-order valence-electron chi connectivity index (χ4n) is 2.03. The molecule has 0 unspecified atom stereocenters. The number of fused-ring (bicyclic) bond motifs is 1. The van der Waals surface area contributed by atoms with Crippen molar-refractivity contribution in [2.24, 2.45) is 0 Å². The van der Waals surface area contributed by atoms with Crippen LogP contribution in [0, 0.1) is 0 Å². The maximum atomic E-state index is 6.14. The van der Waals surface area contributed by atoms with Gasteiger partial charge in [-0.15, -0.1) is 0 Å². The van der Waals surface area contributed by atoms with Crippen LogP contribution in [0.15, 0.2) is 48.7 Å². The summed E-state index contributed by atoms with van der Waals surface area (Å²) in [5.41, 5.74) is 3.23. The molecule has 0 saturated heterocycles. The Hall–Kier alpha value is -1.64. The van der Waals surface area contributed by atoms with Crippen molar-refractivity contribution in [3.05, 3.63) is 64.3 Å². The number of halogens is 2. The first-order valence-electron chi connectivity index (χ1n) is 5.97. The molecule has 0 fully saturated rings. The summed E-state index contributed by atoms with van der Waals surface area (Å²) in [4.78, 5) is 3.17. The van der Waals surface area contributed by atoms with Crippen LogP contribution in [-0.2, 0) is 6.54 Å². The minimum absolute atomic E-state index is 0.655. The molecule has 96 valence electrons. The molecule has 2 nitrogen and oxygen atoms in total. The first-order valence-corrected chi connectivity index (χ1v) is 6.73. The molecule has 3 rings (SSSR count). The molecule has 0 atom stereocenters. The zero-order valence-corrected chi connectivity index (χ0v) is 11.6. The number of benzene rings is 2. The van der Waals surface area contributed by atoms with Crippen LogP contribution in [0.5, 0.6) is 0 Å². The Labute approximate surface area is 121 Å². The molecule has 0 spiro atoms. The molecular formula is C15H12Cl2N2. The van der Waals surface area contributed by atoms with E-state index in [1.165, 1.54) is 5.39 Å². The highest BCUT2D eigenvalue weighted by Crippen LogP contribution is 2.23. The van der Waals surface area contributed by atoms with Gasteiger partial charge in [-0.2, -0.15) is 0 Å². The number of hydrogen-bond acceptors (Lipinski definition) is 1. The van der Waals surface area contributed by atoms with Gasteiger partial charge in [0.2, 0.25) is 0 Å². The maximum Gasteiger partial charge on any atom is 0.0470 e. The van der Waals surface area contributed by atoms with Crippen molar-refractivity contribution < 1.29 is 0 Å². The van der Waals surface area contributed by atoms with Gasteiger partial charge in [-0.25, -0.2) is 0 Å². The predicted octanol–water partition coefficient (Wildman–Crippen LogP) is 5.09. The molecule has 2 N–H and O–H groups in total. The zero-order valence-electron chi connectivity index (χ0n) is 10.1. The molecule has 1 aromatic heterocycles. The normalized spacial score (nSPS) is 10.8. The van der Waals surface area contributed by atoms with Crippen LogP contribution in [0.4, 0.5) is 5.69 Å². The largest absolute Gasteiger partial charge is 0.381 e. The smallest absolute Gasteiger partial charge is 0.0470 e. The quantitative estimate of drug-likeness (QED) is 0.691. The second kappa shape index (κ2) is 5.16. The van der Waals surface area contributed by atoms with Crippen LogP contribution < -0.4 is 5.32 Å². The van der Waals surface area contributed by atoms with Crippen molar-refractivity contribution in [3.8, 4) is 0 Å². The van der Waals surface area contributed by atoms with E-state index in [1.54, 1.807) is 6.07 Å². The van der Waals surface area contributed by atoms with Gasteiger partial charge in [0.1, 0.15) is 0 Å². The number of aromatic nitrogens is 1. The first kappa shape index (κ1) is 12.4. The molecule has 2 aromatic carbocycles. The molecule has 3 aromatic rings. The molecule has 0 radical (unpaired) electrons. The third-order valence-corrected chi connectivity index (χ3v) is 3.64. The topological polar surface area (TPSA) is 27.8 Å². The molecule has 19 heavy (non-hydrogen) atoms.